The van der Waals surface area contributed by atoms with Gasteiger partial charge in [-0.3, -0.25) is 14.9 Å². The van der Waals surface area contributed by atoms with Crippen molar-refractivity contribution < 1.29 is 19.8 Å². The number of carbonyl (C=O) groups excluding carboxylic acids is 1. The van der Waals surface area contributed by atoms with Crippen molar-refractivity contribution in [3.8, 4) is 0 Å². The summed E-state index contributed by atoms with van der Waals surface area (Å²) in [5.74, 6) is 0. The average Bonchev–Trinajstić information content (AvgIpc) is 2.47. The Kier molecular flexibility index (Phi) is 2.76. The predicted molar refractivity (Wildman–Crippen MR) is 46.2 cm³/mol. The van der Waals surface area contributed by atoms with Gasteiger partial charge in [0.25, 0.3) is 0 Å². The molecule has 0 atom stereocenters. The van der Waals surface area contributed by atoms with E-state index in [-0.39, 0.29) is 15.3 Å². The first-order valence-corrected chi connectivity index (χ1v) is 3.97. The summed E-state index contributed by atoms with van der Waals surface area (Å²) < 4.78 is -0.110. The van der Waals surface area contributed by atoms with E-state index in [1.54, 1.807) is 0 Å². The van der Waals surface area contributed by atoms with Crippen LogP contribution in [-0.2, 0) is 0 Å². The van der Waals surface area contributed by atoms with Crippen molar-refractivity contribution in [1.82, 2.24) is 0 Å². The molecule has 1 aromatic rings. The summed E-state index contributed by atoms with van der Waals surface area (Å²) in [5, 5.41) is 27.4. The molecule has 13 heavy (non-hydrogen) atoms. The van der Waals surface area contributed by atoms with E-state index >= 15 is 0 Å². The van der Waals surface area contributed by atoms with Gasteiger partial charge in [0, 0.05) is 11.6 Å². The molecule has 0 bridgehead atoms. The first-order chi connectivity index (χ1) is 6.06. The first kappa shape index (κ1) is 9.84. The molecule has 8 heteroatoms. The first-order valence-electron chi connectivity index (χ1n) is 3.15. The van der Waals surface area contributed by atoms with Gasteiger partial charge >= 0.3 is 12.1 Å². The van der Waals surface area contributed by atoms with Crippen molar-refractivity contribution in [2.75, 3.05) is 0 Å². The fraction of sp³-hybridized carbons (Fsp3) is 0. The lowest BCUT2D eigenvalue weighted by atomic mass is 9.86. The molecule has 0 saturated heterocycles. The zero-order valence-electron chi connectivity index (χ0n) is 6.21. The second kappa shape index (κ2) is 3.65. The van der Waals surface area contributed by atoms with E-state index in [1.807, 2.05) is 0 Å². The zero-order valence-corrected chi connectivity index (χ0v) is 7.02. The van der Waals surface area contributed by atoms with Crippen LogP contribution in [-0.4, -0.2) is 28.4 Å². The van der Waals surface area contributed by atoms with Crippen LogP contribution in [0, 0.1) is 10.1 Å². The second-order valence-corrected chi connectivity index (χ2v) is 3.22. The number of thiophene rings is 1. The minimum absolute atomic E-state index is 0.0632. The molecule has 1 rings (SSSR count). The van der Waals surface area contributed by atoms with Gasteiger partial charge in [0.2, 0.25) is 0 Å². The lowest BCUT2D eigenvalue weighted by molar-refractivity contribution is -0.380. The van der Waals surface area contributed by atoms with Crippen molar-refractivity contribution in [3.05, 3.63) is 21.7 Å². The van der Waals surface area contributed by atoms with E-state index in [4.69, 9.17) is 10.0 Å². The number of rotatable bonds is 3. The molecule has 0 aliphatic rings. The van der Waals surface area contributed by atoms with Gasteiger partial charge in [-0.25, -0.2) is 0 Å². The number of carbonyl (C=O) groups is 1. The highest BCUT2D eigenvalue weighted by Gasteiger charge is 2.24. The lowest BCUT2D eigenvalue weighted by Crippen LogP contribution is -2.29. The Hall–Kier alpha value is -1.25. The van der Waals surface area contributed by atoms with Crippen LogP contribution in [0.1, 0.15) is 10.4 Å². The molecular formula is C5H4BNO5S. The fourth-order valence-electron chi connectivity index (χ4n) is 0.789. The van der Waals surface area contributed by atoms with Crippen LogP contribution in [0.2, 0.25) is 0 Å². The molecule has 1 aromatic heterocycles. The highest BCUT2D eigenvalue weighted by Crippen LogP contribution is 2.19. The van der Waals surface area contributed by atoms with Crippen molar-refractivity contribution in [3.63, 3.8) is 0 Å². The average molecular weight is 201 g/mol. The second-order valence-electron chi connectivity index (χ2n) is 2.15. The topological polar surface area (TPSA) is 101 Å². The Morgan fingerprint density at radius 2 is 2.23 bits per heavy atom. The maximum atomic E-state index is 10.3. The van der Waals surface area contributed by atoms with Gasteiger partial charge in [0.15, 0.2) is 6.29 Å². The van der Waals surface area contributed by atoms with Gasteiger partial charge in [-0.15, -0.1) is 0 Å². The summed E-state index contributed by atoms with van der Waals surface area (Å²) in [5.41, 5.74) is -0.0632. The summed E-state index contributed by atoms with van der Waals surface area (Å²) in [7, 11) is -1.85. The summed E-state index contributed by atoms with van der Waals surface area (Å²) >= 11 is 0.570. The maximum absolute atomic E-state index is 10.3. The molecule has 2 N–H and O–H groups in total. The molecule has 0 aromatic carbocycles. The van der Waals surface area contributed by atoms with Crippen molar-refractivity contribution in [2.45, 2.75) is 0 Å². The van der Waals surface area contributed by atoms with E-state index < -0.39 is 12.0 Å². The SMILES string of the molecule is O=Cc1cc([N+](=O)[O-])sc1B(O)O. The Bertz CT molecular complexity index is 349. The van der Waals surface area contributed by atoms with Gasteiger partial charge in [-0.05, 0) is 0 Å². The van der Waals surface area contributed by atoms with Crippen molar-refractivity contribution >= 4 is 34.5 Å². The maximum Gasteiger partial charge on any atom is 0.500 e. The molecule has 0 radical (unpaired) electrons. The van der Waals surface area contributed by atoms with E-state index in [1.165, 1.54) is 0 Å². The van der Waals surface area contributed by atoms with Crippen molar-refractivity contribution in [2.24, 2.45) is 0 Å². The van der Waals surface area contributed by atoms with E-state index in [2.05, 4.69) is 0 Å². The van der Waals surface area contributed by atoms with Crippen molar-refractivity contribution in [1.29, 1.82) is 0 Å². The summed E-state index contributed by atoms with van der Waals surface area (Å²) in [6.07, 6.45) is 0.346. The number of nitrogens with zero attached hydrogens (tertiary/aromatic N) is 1. The quantitative estimate of drug-likeness (QED) is 0.287. The molecule has 6 nitrogen and oxygen atoms in total. The molecule has 0 spiro atoms. The minimum Gasteiger partial charge on any atom is -0.423 e. The highest BCUT2D eigenvalue weighted by molar-refractivity contribution is 7.25. The number of hydrogen-bond acceptors (Lipinski definition) is 6. The van der Waals surface area contributed by atoms with Gasteiger partial charge in [0.05, 0.1) is 9.70 Å². The minimum atomic E-state index is -1.85. The Morgan fingerprint density at radius 1 is 1.62 bits per heavy atom. The molecule has 0 amide bonds. The van der Waals surface area contributed by atoms with Gasteiger partial charge in [0.1, 0.15) is 0 Å². The summed E-state index contributed by atoms with van der Waals surface area (Å²) in [4.78, 5) is 19.9. The third-order valence-corrected chi connectivity index (χ3v) is 2.46. The third-order valence-electron chi connectivity index (χ3n) is 1.32. The zero-order chi connectivity index (χ0) is 10.0. The molecular weight excluding hydrogens is 197 g/mol. The van der Waals surface area contributed by atoms with E-state index in [0.29, 0.717) is 17.6 Å². The van der Waals surface area contributed by atoms with Crippen LogP contribution in [0.4, 0.5) is 5.00 Å². The Balaban J connectivity index is 3.19. The molecule has 68 valence electrons. The number of nitro groups is 1. The Morgan fingerprint density at radius 3 is 2.54 bits per heavy atom. The Labute approximate surface area is 76.7 Å². The van der Waals surface area contributed by atoms with E-state index in [0.717, 1.165) is 6.07 Å². The monoisotopic (exact) mass is 201 g/mol. The molecule has 0 saturated carbocycles. The lowest BCUT2D eigenvalue weighted by Gasteiger charge is -1.91. The van der Waals surface area contributed by atoms with Gasteiger partial charge < -0.3 is 10.0 Å². The predicted octanol–water partition coefficient (Wildman–Crippen LogP) is -0.851. The van der Waals surface area contributed by atoms with Crippen LogP contribution in [0.3, 0.4) is 0 Å². The third kappa shape index (κ3) is 1.91. The van der Waals surface area contributed by atoms with Crippen LogP contribution in [0.15, 0.2) is 6.07 Å². The largest absolute Gasteiger partial charge is 0.500 e. The van der Waals surface area contributed by atoms with E-state index in [9.17, 15) is 14.9 Å². The number of hydrogen-bond donors (Lipinski definition) is 2. The highest BCUT2D eigenvalue weighted by atomic mass is 32.1. The van der Waals surface area contributed by atoms with Crippen LogP contribution in [0.5, 0.6) is 0 Å². The fourth-order valence-corrected chi connectivity index (χ4v) is 1.61. The smallest absolute Gasteiger partial charge is 0.423 e. The molecule has 0 aliphatic carbocycles. The van der Waals surface area contributed by atoms with Crippen LogP contribution < -0.4 is 4.78 Å². The van der Waals surface area contributed by atoms with Gasteiger partial charge in [-0.2, -0.15) is 0 Å². The standard InChI is InChI=1S/C5H4BNO5S/c8-2-3-1-4(7(11)12)13-5(3)6(9)10/h1-2,9-10H. The molecule has 0 unspecified atom stereocenters. The van der Waals surface area contributed by atoms with Crippen LogP contribution >= 0.6 is 11.3 Å². The number of aldehydes is 1. The molecule has 0 fully saturated rings. The summed E-state index contributed by atoms with van der Waals surface area (Å²) in [6, 6.07) is 1.01. The molecule has 1 heterocycles. The normalized spacial score (nSPS) is 9.69. The summed E-state index contributed by atoms with van der Waals surface area (Å²) in [6.45, 7) is 0. The molecule has 0 aliphatic heterocycles. The van der Waals surface area contributed by atoms with Crippen LogP contribution in [0.25, 0.3) is 0 Å². The van der Waals surface area contributed by atoms with Gasteiger partial charge in [-0.1, -0.05) is 11.3 Å².